The molecule has 3 nitrogen and oxygen atoms in total. The molecule has 4 rings (SSSR count). The van der Waals surface area contributed by atoms with Crippen molar-refractivity contribution in [2.24, 2.45) is 0 Å². The summed E-state index contributed by atoms with van der Waals surface area (Å²) in [5.74, 6) is 0. The third-order valence-electron chi connectivity index (χ3n) is 4.17. The Morgan fingerprint density at radius 2 is 1.95 bits per heavy atom. The summed E-state index contributed by atoms with van der Waals surface area (Å²) in [6.07, 6.45) is 1.06. The van der Waals surface area contributed by atoms with E-state index in [0.29, 0.717) is 5.56 Å². The van der Waals surface area contributed by atoms with Crippen molar-refractivity contribution in [1.29, 1.82) is 5.26 Å². The predicted molar refractivity (Wildman–Crippen MR) is 83.9 cm³/mol. The van der Waals surface area contributed by atoms with Crippen LogP contribution in [0.2, 0.25) is 0 Å². The minimum atomic E-state index is 0.699. The van der Waals surface area contributed by atoms with Gasteiger partial charge in [-0.3, -0.25) is 0 Å². The summed E-state index contributed by atoms with van der Waals surface area (Å²) in [5, 5.41) is 13.8. The Hall–Kier alpha value is -2.57. The van der Waals surface area contributed by atoms with Crippen molar-refractivity contribution < 1.29 is 0 Å². The van der Waals surface area contributed by atoms with E-state index in [1.807, 2.05) is 18.2 Å². The molecule has 21 heavy (non-hydrogen) atoms. The first-order valence-electron chi connectivity index (χ1n) is 7.20. The first-order valence-corrected chi connectivity index (χ1v) is 7.20. The molecule has 102 valence electrons. The molecule has 2 heterocycles. The van der Waals surface area contributed by atoms with Crippen molar-refractivity contribution in [3.63, 3.8) is 0 Å². The topological polar surface area (TPSA) is 51.6 Å². The number of benzene rings is 2. The number of nitriles is 1. The lowest BCUT2D eigenvalue weighted by Crippen LogP contribution is -2.22. The van der Waals surface area contributed by atoms with Crippen LogP contribution in [0, 0.1) is 11.3 Å². The molecule has 0 amide bonds. The highest BCUT2D eigenvalue weighted by atomic mass is 14.9. The molecule has 0 atom stereocenters. The third-order valence-corrected chi connectivity index (χ3v) is 4.17. The van der Waals surface area contributed by atoms with Crippen molar-refractivity contribution >= 4 is 10.9 Å². The van der Waals surface area contributed by atoms with Gasteiger partial charge in [-0.25, -0.2) is 0 Å². The van der Waals surface area contributed by atoms with Crippen LogP contribution in [0.4, 0.5) is 0 Å². The van der Waals surface area contributed by atoms with Gasteiger partial charge in [0.25, 0.3) is 0 Å². The highest BCUT2D eigenvalue weighted by molar-refractivity contribution is 5.89. The maximum absolute atomic E-state index is 9.04. The van der Waals surface area contributed by atoms with Gasteiger partial charge >= 0.3 is 0 Å². The second-order valence-electron chi connectivity index (χ2n) is 5.46. The fourth-order valence-electron chi connectivity index (χ4n) is 3.09. The van der Waals surface area contributed by atoms with Gasteiger partial charge in [0, 0.05) is 36.1 Å². The second-order valence-corrected chi connectivity index (χ2v) is 5.46. The van der Waals surface area contributed by atoms with Crippen molar-refractivity contribution in [3.8, 4) is 17.2 Å². The molecule has 0 bridgehead atoms. The van der Waals surface area contributed by atoms with Crippen LogP contribution in [-0.2, 0) is 13.0 Å². The van der Waals surface area contributed by atoms with Crippen LogP contribution in [-0.4, -0.2) is 11.5 Å². The van der Waals surface area contributed by atoms with Gasteiger partial charge in [0.15, 0.2) is 0 Å². The molecule has 0 saturated carbocycles. The van der Waals surface area contributed by atoms with Crippen LogP contribution < -0.4 is 5.32 Å². The zero-order chi connectivity index (χ0) is 14.2. The molecule has 0 unspecified atom stereocenters. The SMILES string of the molecule is N#Cc1cccc(-c2ccc3[nH]c4c(c3c2)CNCC4)c1. The lowest BCUT2D eigenvalue weighted by Gasteiger charge is -2.12. The summed E-state index contributed by atoms with van der Waals surface area (Å²) in [4.78, 5) is 3.52. The molecule has 1 aliphatic rings. The van der Waals surface area contributed by atoms with Gasteiger partial charge in [0.1, 0.15) is 0 Å². The Morgan fingerprint density at radius 3 is 2.86 bits per heavy atom. The molecule has 1 aliphatic heterocycles. The van der Waals surface area contributed by atoms with Crippen molar-refractivity contribution in [2.75, 3.05) is 6.54 Å². The number of rotatable bonds is 1. The summed E-state index contributed by atoms with van der Waals surface area (Å²) in [6.45, 7) is 1.97. The van der Waals surface area contributed by atoms with Crippen molar-refractivity contribution in [3.05, 3.63) is 59.3 Å². The Bertz CT molecular complexity index is 868. The lowest BCUT2D eigenvalue weighted by molar-refractivity contribution is 0.641. The number of H-pyrrole nitrogens is 1. The van der Waals surface area contributed by atoms with Crippen LogP contribution in [0.1, 0.15) is 16.8 Å². The highest BCUT2D eigenvalue weighted by Crippen LogP contribution is 2.30. The van der Waals surface area contributed by atoms with Crippen molar-refractivity contribution in [1.82, 2.24) is 10.3 Å². The Balaban J connectivity index is 1.88. The first-order chi connectivity index (χ1) is 10.3. The molecule has 2 N–H and O–H groups in total. The van der Waals surface area contributed by atoms with Gasteiger partial charge in [-0.05, 0) is 41.0 Å². The molecule has 1 aromatic heterocycles. The maximum Gasteiger partial charge on any atom is 0.0991 e. The number of hydrogen-bond donors (Lipinski definition) is 2. The third kappa shape index (κ3) is 2.01. The summed E-state index contributed by atoms with van der Waals surface area (Å²) in [6, 6.07) is 16.5. The van der Waals surface area contributed by atoms with Crippen LogP contribution in [0.15, 0.2) is 42.5 Å². The molecule has 2 aromatic carbocycles. The van der Waals surface area contributed by atoms with E-state index in [9.17, 15) is 0 Å². The van der Waals surface area contributed by atoms with E-state index in [4.69, 9.17) is 5.26 Å². The van der Waals surface area contributed by atoms with Crippen molar-refractivity contribution in [2.45, 2.75) is 13.0 Å². The lowest BCUT2D eigenvalue weighted by atomic mass is 9.99. The van der Waals surface area contributed by atoms with Crippen LogP contribution in [0.3, 0.4) is 0 Å². The van der Waals surface area contributed by atoms with E-state index >= 15 is 0 Å². The number of aromatic amines is 1. The number of fused-ring (bicyclic) bond motifs is 3. The molecular formula is C18H15N3. The second kappa shape index (κ2) is 4.76. The highest BCUT2D eigenvalue weighted by Gasteiger charge is 2.15. The van der Waals surface area contributed by atoms with Gasteiger partial charge in [-0.2, -0.15) is 5.26 Å². The standard InChI is InChI=1S/C18H15N3/c19-10-12-2-1-3-13(8-12)14-4-5-17-15(9-14)16-11-20-7-6-18(16)21-17/h1-5,8-9,20-21H,6-7,11H2. The molecular weight excluding hydrogens is 258 g/mol. The largest absolute Gasteiger partial charge is 0.358 e. The number of nitrogens with one attached hydrogen (secondary N) is 2. The fraction of sp³-hybridized carbons (Fsp3) is 0.167. The summed E-state index contributed by atoms with van der Waals surface area (Å²) < 4.78 is 0. The monoisotopic (exact) mass is 273 g/mol. The van der Waals surface area contributed by atoms with Gasteiger partial charge < -0.3 is 10.3 Å². The average Bonchev–Trinajstić information content (AvgIpc) is 2.92. The summed E-state index contributed by atoms with van der Waals surface area (Å²) >= 11 is 0. The van der Waals surface area contributed by atoms with E-state index in [-0.39, 0.29) is 0 Å². The van der Waals surface area contributed by atoms with E-state index in [0.717, 1.165) is 30.6 Å². The smallest absolute Gasteiger partial charge is 0.0991 e. The van der Waals surface area contributed by atoms with E-state index in [1.54, 1.807) is 0 Å². The van der Waals surface area contributed by atoms with Gasteiger partial charge in [-0.1, -0.05) is 18.2 Å². The van der Waals surface area contributed by atoms with Gasteiger partial charge in [0.05, 0.1) is 11.6 Å². The molecule has 0 radical (unpaired) electrons. The first kappa shape index (κ1) is 12.2. The quantitative estimate of drug-likeness (QED) is 0.714. The minimum absolute atomic E-state index is 0.699. The number of hydrogen-bond acceptors (Lipinski definition) is 2. The van der Waals surface area contributed by atoms with Gasteiger partial charge in [0.2, 0.25) is 0 Å². The van der Waals surface area contributed by atoms with E-state index in [2.05, 4.69) is 40.6 Å². The zero-order valence-electron chi connectivity index (χ0n) is 11.6. The summed E-state index contributed by atoms with van der Waals surface area (Å²) in [7, 11) is 0. The molecule has 0 aliphatic carbocycles. The Labute approximate surface area is 123 Å². The average molecular weight is 273 g/mol. The molecule has 0 spiro atoms. The maximum atomic E-state index is 9.04. The minimum Gasteiger partial charge on any atom is -0.358 e. The van der Waals surface area contributed by atoms with Gasteiger partial charge in [-0.15, -0.1) is 0 Å². The number of nitrogens with zero attached hydrogens (tertiary/aromatic N) is 1. The normalized spacial score (nSPS) is 13.9. The zero-order valence-corrected chi connectivity index (χ0v) is 11.6. The fourth-order valence-corrected chi connectivity index (χ4v) is 3.09. The predicted octanol–water partition coefficient (Wildman–Crippen LogP) is 3.35. The van der Waals surface area contributed by atoms with Crippen LogP contribution in [0.25, 0.3) is 22.0 Å². The van der Waals surface area contributed by atoms with E-state index < -0.39 is 0 Å². The Kier molecular flexibility index (Phi) is 2.77. The van der Waals surface area contributed by atoms with Crippen LogP contribution in [0.5, 0.6) is 0 Å². The molecule has 0 saturated heterocycles. The van der Waals surface area contributed by atoms with E-state index in [1.165, 1.54) is 22.2 Å². The molecule has 3 aromatic rings. The Morgan fingerprint density at radius 1 is 1.05 bits per heavy atom. The molecule has 3 heteroatoms. The molecule has 0 fully saturated rings. The summed E-state index contributed by atoms with van der Waals surface area (Å²) in [5.41, 5.74) is 6.89. The number of aromatic nitrogens is 1. The van der Waals surface area contributed by atoms with Crippen LogP contribution >= 0.6 is 0 Å².